The lowest BCUT2D eigenvalue weighted by Gasteiger charge is -2.19. The molecule has 0 aliphatic carbocycles. The number of para-hydroxylation sites is 1. The first-order chi connectivity index (χ1) is 13.5. The summed E-state index contributed by atoms with van der Waals surface area (Å²) in [6.07, 6.45) is 0. The molecule has 0 radical (unpaired) electrons. The van der Waals surface area contributed by atoms with Crippen molar-refractivity contribution in [3.8, 4) is 17.2 Å². The molecular weight excluding hydrogens is 360 g/mol. The molecule has 1 unspecified atom stereocenters. The number of fused-ring (bicyclic) bond motifs is 1. The molecule has 1 heterocycles. The minimum Gasteiger partial charge on any atom is -0.493 e. The predicted molar refractivity (Wildman–Crippen MR) is 107 cm³/mol. The van der Waals surface area contributed by atoms with E-state index in [1.54, 1.807) is 30.3 Å². The smallest absolute Gasteiger partial charge is 0.252 e. The summed E-state index contributed by atoms with van der Waals surface area (Å²) in [6.45, 7) is 1.84. The number of amides is 1. The van der Waals surface area contributed by atoms with Gasteiger partial charge in [-0.3, -0.25) is 9.59 Å². The lowest BCUT2D eigenvalue weighted by atomic mass is 10.0. The van der Waals surface area contributed by atoms with Crippen molar-refractivity contribution in [2.45, 2.75) is 13.0 Å². The average Bonchev–Trinajstić information content (AvgIpc) is 2.71. The van der Waals surface area contributed by atoms with Crippen LogP contribution in [0.15, 0.2) is 47.3 Å². The molecule has 146 valence electrons. The Morgan fingerprint density at radius 3 is 2.25 bits per heavy atom. The number of hydrogen-bond donors (Lipinski definition) is 2. The second kappa shape index (κ2) is 8.04. The summed E-state index contributed by atoms with van der Waals surface area (Å²) in [4.78, 5) is 27.5. The van der Waals surface area contributed by atoms with Gasteiger partial charge in [-0.25, -0.2) is 0 Å². The fraction of sp³-hybridized carbons (Fsp3) is 0.238. The summed E-state index contributed by atoms with van der Waals surface area (Å²) >= 11 is 0. The highest BCUT2D eigenvalue weighted by Gasteiger charge is 2.19. The van der Waals surface area contributed by atoms with Gasteiger partial charge in [-0.2, -0.15) is 0 Å². The van der Waals surface area contributed by atoms with Crippen LogP contribution in [-0.2, 0) is 0 Å². The van der Waals surface area contributed by atoms with Crippen molar-refractivity contribution < 1.29 is 19.0 Å². The van der Waals surface area contributed by atoms with E-state index >= 15 is 0 Å². The van der Waals surface area contributed by atoms with Crippen molar-refractivity contribution in [1.82, 2.24) is 10.3 Å². The van der Waals surface area contributed by atoms with E-state index in [0.29, 0.717) is 33.7 Å². The highest BCUT2D eigenvalue weighted by molar-refractivity contribution is 6.06. The number of pyridine rings is 1. The van der Waals surface area contributed by atoms with Gasteiger partial charge in [0, 0.05) is 17.0 Å². The van der Waals surface area contributed by atoms with Crippen LogP contribution >= 0.6 is 0 Å². The standard InChI is InChI=1S/C21H22N2O5/c1-12(13-9-17(26-2)20(28-4)18(10-13)27-3)22-21(25)15-11-19(24)23-16-8-6-5-7-14(15)16/h5-12H,1-4H3,(H,22,25)(H,23,24). The first kappa shape index (κ1) is 19.3. The summed E-state index contributed by atoms with van der Waals surface area (Å²) < 4.78 is 16.1. The maximum atomic E-state index is 12.9. The third-order valence-electron chi connectivity index (χ3n) is 4.53. The van der Waals surface area contributed by atoms with Gasteiger partial charge in [-0.05, 0) is 30.7 Å². The molecule has 0 aliphatic heterocycles. The van der Waals surface area contributed by atoms with E-state index in [1.165, 1.54) is 27.4 Å². The van der Waals surface area contributed by atoms with E-state index in [2.05, 4.69) is 10.3 Å². The fourth-order valence-corrected chi connectivity index (χ4v) is 3.10. The summed E-state index contributed by atoms with van der Waals surface area (Å²) in [5.41, 5.74) is 1.38. The molecule has 0 saturated heterocycles. The lowest BCUT2D eigenvalue weighted by molar-refractivity contribution is 0.0941. The first-order valence-electron chi connectivity index (χ1n) is 8.71. The van der Waals surface area contributed by atoms with Crippen molar-refractivity contribution in [3.05, 3.63) is 63.9 Å². The number of hydrogen-bond acceptors (Lipinski definition) is 5. The minimum atomic E-state index is -0.362. The summed E-state index contributed by atoms with van der Waals surface area (Å²) in [5, 5.41) is 3.61. The number of rotatable bonds is 6. The Labute approximate surface area is 162 Å². The van der Waals surface area contributed by atoms with Crippen LogP contribution in [0.4, 0.5) is 0 Å². The van der Waals surface area contributed by atoms with Gasteiger partial charge in [0.2, 0.25) is 11.3 Å². The van der Waals surface area contributed by atoms with Gasteiger partial charge in [-0.1, -0.05) is 18.2 Å². The van der Waals surface area contributed by atoms with Gasteiger partial charge < -0.3 is 24.5 Å². The Bertz CT molecular complexity index is 1050. The molecule has 1 aromatic heterocycles. The Morgan fingerprint density at radius 2 is 1.64 bits per heavy atom. The number of methoxy groups -OCH3 is 3. The Kier molecular flexibility index (Phi) is 5.54. The fourth-order valence-electron chi connectivity index (χ4n) is 3.10. The van der Waals surface area contributed by atoms with Gasteiger partial charge in [0.1, 0.15) is 0 Å². The zero-order chi connectivity index (χ0) is 20.3. The third kappa shape index (κ3) is 3.64. The largest absolute Gasteiger partial charge is 0.493 e. The zero-order valence-electron chi connectivity index (χ0n) is 16.2. The van der Waals surface area contributed by atoms with E-state index in [1.807, 2.05) is 13.0 Å². The number of carbonyl (C=O) groups excluding carboxylic acids is 1. The van der Waals surface area contributed by atoms with Gasteiger partial charge in [0.15, 0.2) is 11.5 Å². The molecule has 2 aromatic carbocycles. The predicted octanol–water partition coefficient (Wildman–Crippen LogP) is 3.04. The highest BCUT2D eigenvalue weighted by atomic mass is 16.5. The molecule has 7 heteroatoms. The maximum Gasteiger partial charge on any atom is 0.252 e. The van der Waals surface area contributed by atoms with Crippen LogP contribution in [0.2, 0.25) is 0 Å². The van der Waals surface area contributed by atoms with Crippen LogP contribution in [0.3, 0.4) is 0 Å². The summed E-state index contributed by atoms with van der Waals surface area (Å²) in [6, 6.07) is 11.7. The quantitative estimate of drug-likeness (QED) is 0.684. The SMILES string of the molecule is COc1cc(C(C)NC(=O)c2cc(=O)[nH]c3ccccc23)cc(OC)c1OC. The number of nitrogens with one attached hydrogen (secondary N) is 2. The molecular formula is C21H22N2O5. The van der Waals surface area contributed by atoms with Crippen molar-refractivity contribution in [3.63, 3.8) is 0 Å². The van der Waals surface area contributed by atoms with Crippen molar-refractivity contribution in [2.75, 3.05) is 21.3 Å². The van der Waals surface area contributed by atoms with Gasteiger partial charge in [-0.15, -0.1) is 0 Å². The molecule has 0 saturated carbocycles. The molecule has 1 atom stereocenters. The summed E-state index contributed by atoms with van der Waals surface area (Å²) in [5.74, 6) is 1.13. The molecule has 0 aliphatic rings. The van der Waals surface area contributed by atoms with Crippen LogP contribution in [0.5, 0.6) is 17.2 Å². The second-order valence-corrected chi connectivity index (χ2v) is 6.25. The number of ether oxygens (including phenoxy) is 3. The van der Waals surface area contributed by atoms with E-state index in [4.69, 9.17) is 14.2 Å². The molecule has 0 bridgehead atoms. The van der Waals surface area contributed by atoms with Crippen molar-refractivity contribution >= 4 is 16.8 Å². The van der Waals surface area contributed by atoms with Crippen LogP contribution in [0.1, 0.15) is 28.9 Å². The van der Waals surface area contributed by atoms with E-state index in [0.717, 1.165) is 5.56 Å². The van der Waals surface area contributed by atoms with Gasteiger partial charge in [0.05, 0.1) is 32.9 Å². The normalized spacial score (nSPS) is 11.7. The third-order valence-corrected chi connectivity index (χ3v) is 4.53. The zero-order valence-corrected chi connectivity index (χ0v) is 16.2. The number of H-pyrrole nitrogens is 1. The van der Waals surface area contributed by atoms with Gasteiger partial charge in [0.25, 0.3) is 5.91 Å². The van der Waals surface area contributed by atoms with E-state index in [-0.39, 0.29) is 17.5 Å². The minimum absolute atomic E-state index is 0.318. The van der Waals surface area contributed by atoms with Crippen molar-refractivity contribution in [2.24, 2.45) is 0 Å². The van der Waals surface area contributed by atoms with Crippen LogP contribution < -0.4 is 25.1 Å². The number of carbonyl (C=O) groups is 1. The molecule has 28 heavy (non-hydrogen) atoms. The maximum absolute atomic E-state index is 12.9. The molecule has 2 N–H and O–H groups in total. The van der Waals surface area contributed by atoms with Crippen LogP contribution in [0, 0.1) is 0 Å². The van der Waals surface area contributed by atoms with Crippen LogP contribution in [0.25, 0.3) is 10.9 Å². The Hall–Kier alpha value is -3.48. The number of aromatic nitrogens is 1. The average molecular weight is 382 g/mol. The van der Waals surface area contributed by atoms with Crippen molar-refractivity contribution in [1.29, 1.82) is 0 Å². The second-order valence-electron chi connectivity index (χ2n) is 6.25. The number of benzene rings is 2. The monoisotopic (exact) mass is 382 g/mol. The van der Waals surface area contributed by atoms with E-state index < -0.39 is 0 Å². The topological polar surface area (TPSA) is 89.7 Å². The molecule has 0 fully saturated rings. The number of aromatic amines is 1. The molecule has 3 rings (SSSR count). The Balaban J connectivity index is 1.95. The van der Waals surface area contributed by atoms with E-state index in [9.17, 15) is 9.59 Å². The lowest BCUT2D eigenvalue weighted by Crippen LogP contribution is -2.28. The molecule has 0 spiro atoms. The molecule has 7 nitrogen and oxygen atoms in total. The van der Waals surface area contributed by atoms with Gasteiger partial charge >= 0.3 is 0 Å². The van der Waals surface area contributed by atoms with Crippen LogP contribution in [-0.4, -0.2) is 32.2 Å². The Morgan fingerprint density at radius 1 is 1.00 bits per heavy atom. The molecule has 1 amide bonds. The highest BCUT2D eigenvalue weighted by Crippen LogP contribution is 2.39. The summed E-state index contributed by atoms with van der Waals surface area (Å²) in [7, 11) is 4.60. The first-order valence-corrected chi connectivity index (χ1v) is 8.71. The molecule has 3 aromatic rings.